The van der Waals surface area contributed by atoms with Gasteiger partial charge in [-0.1, -0.05) is 18.9 Å². The molecular formula is C23H28N2O3S. The number of nitrogens with zero attached hydrogens (tertiary/aromatic N) is 2. The van der Waals surface area contributed by atoms with E-state index >= 15 is 0 Å². The fraction of sp³-hybridized carbons (Fsp3) is 0.435. The van der Waals surface area contributed by atoms with Crippen molar-refractivity contribution >= 4 is 28.2 Å². The van der Waals surface area contributed by atoms with Gasteiger partial charge >= 0.3 is 5.97 Å². The zero-order valence-electron chi connectivity index (χ0n) is 17.1. The third-order valence-corrected chi connectivity index (χ3v) is 6.78. The summed E-state index contributed by atoms with van der Waals surface area (Å²) < 4.78 is 12.4. The van der Waals surface area contributed by atoms with E-state index in [0.29, 0.717) is 6.04 Å². The maximum absolute atomic E-state index is 11.9. The molecule has 1 fully saturated rings. The molecule has 0 spiro atoms. The summed E-state index contributed by atoms with van der Waals surface area (Å²) in [6.07, 6.45) is 7.10. The molecule has 5 nitrogen and oxygen atoms in total. The SMILES string of the molecule is COC(=O)Cn1cc(CN2CCCCC[C@@H]2c2cccs2)c2cc(OC)ccc21. The van der Waals surface area contributed by atoms with Gasteiger partial charge in [0.2, 0.25) is 0 Å². The van der Waals surface area contributed by atoms with Crippen molar-refractivity contribution in [2.45, 2.75) is 44.8 Å². The van der Waals surface area contributed by atoms with E-state index in [2.05, 4.69) is 34.7 Å². The van der Waals surface area contributed by atoms with Crippen LogP contribution in [0, 0.1) is 0 Å². The van der Waals surface area contributed by atoms with Gasteiger partial charge < -0.3 is 14.0 Å². The molecule has 1 aliphatic heterocycles. The van der Waals surface area contributed by atoms with E-state index in [9.17, 15) is 4.79 Å². The molecule has 1 aliphatic rings. The largest absolute Gasteiger partial charge is 0.497 e. The molecule has 0 radical (unpaired) electrons. The van der Waals surface area contributed by atoms with Crippen LogP contribution in [-0.4, -0.2) is 36.2 Å². The number of esters is 1. The van der Waals surface area contributed by atoms with E-state index in [1.165, 1.54) is 43.2 Å². The normalized spacial score (nSPS) is 17.9. The van der Waals surface area contributed by atoms with Crippen molar-refractivity contribution in [3.63, 3.8) is 0 Å². The maximum atomic E-state index is 11.9. The number of methoxy groups -OCH3 is 2. The molecule has 3 aromatic rings. The van der Waals surface area contributed by atoms with Crippen LogP contribution in [0.2, 0.25) is 0 Å². The summed E-state index contributed by atoms with van der Waals surface area (Å²) in [6, 6.07) is 10.9. The van der Waals surface area contributed by atoms with Crippen LogP contribution >= 0.6 is 11.3 Å². The number of hydrogen-bond donors (Lipinski definition) is 0. The van der Waals surface area contributed by atoms with Gasteiger partial charge in [-0.05, 0) is 54.6 Å². The third-order valence-electron chi connectivity index (χ3n) is 5.81. The second-order valence-corrected chi connectivity index (χ2v) is 8.57. The molecule has 6 heteroatoms. The minimum atomic E-state index is -0.240. The highest BCUT2D eigenvalue weighted by atomic mass is 32.1. The number of thiophene rings is 1. The molecule has 0 bridgehead atoms. The molecule has 0 unspecified atom stereocenters. The molecule has 0 aliphatic carbocycles. The van der Waals surface area contributed by atoms with Crippen molar-refractivity contribution in [3.8, 4) is 5.75 Å². The summed E-state index contributed by atoms with van der Waals surface area (Å²) in [5, 5.41) is 3.31. The number of ether oxygens (including phenoxy) is 2. The summed E-state index contributed by atoms with van der Waals surface area (Å²) in [6.45, 7) is 2.17. The lowest BCUT2D eigenvalue weighted by Crippen LogP contribution is -2.27. The molecule has 3 heterocycles. The van der Waals surface area contributed by atoms with Crippen molar-refractivity contribution in [2.24, 2.45) is 0 Å². The molecule has 0 N–H and O–H groups in total. The van der Waals surface area contributed by atoms with Crippen LogP contribution in [-0.2, 0) is 22.6 Å². The fourth-order valence-corrected chi connectivity index (χ4v) is 5.21. The van der Waals surface area contributed by atoms with Crippen LogP contribution in [0.15, 0.2) is 41.9 Å². The highest BCUT2D eigenvalue weighted by molar-refractivity contribution is 7.10. The number of aromatic nitrogens is 1. The first kappa shape index (κ1) is 20.0. The number of carbonyl (C=O) groups is 1. The van der Waals surface area contributed by atoms with Gasteiger partial charge in [0, 0.05) is 34.6 Å². The smallest absolute Gasteiger partial charge is 0.325 e. The van der Waals surface area contributed by atoms with Crippen LogP contribution in [0.25, 0.3) is 10.9 Å². The van der Waals surface area contributed by atoms with Crippen LogP contribution < -0.4 is 4.74 Å². The molecular weight excluding hydrogens is 384 g/mol. The Hall–Kier alpha value is -2.31. The Kier molecular flexibility index (Phi) is 6.21. The topological polar surface area (TPSA) is 43.7 Å². The van der Waals surface area contributed by atoms with Crippen molar-refractivity contribution in [1.82, 2.24) is 9.47 Å². The molecule has 1 aromatic carbocycles. The zero-order valence-corrected chi connectivity index (χ0v) is 17.9. The van der Waals surface area contributed by atoms with Gasteiger partial charge in [-0.15, -0.1) is 11.3 Å². The highest BCUT2D eigenvalue weighted by Crippen LogP contribution is 2.35. The fourth-order valence-electron chi connectivity index (χ4n) is 4.32. The third kappa shape index (κ3) is 4.33. The van der Waals surface area contributed by atoms with E-state index in [-0.39, 0.29) is 12.5 Å². The first-order chi connectivity index (χ1) is 14.2. The van der Waals surface area contributed by atoms with Gasteiger partial charge in [0.25, 0.3) is 0 Å². The van der Waals surface area contributed by atoms with Crippen molar-refractivity contribution < 1.29 is 14.3 Å². The molecule has 29 heavy (non-hydrogen) atoms. The van der Waals surface area contributed by atoms with Crippen LogP contribution in [0.3, 0.4) is 0 Å². The van der Waals surface area contributed by atoms with Crippen LogP contribution in [0.4, 0.5) is 0 Å². The van der Waals surface area contributed by atoms with Gasteiger partial charge in [-0.3, -0.25) is 9.69 Å². The first-order valence-corrected chi connectivity index (χ1v) is 11.1. The predicted octanol–water partition coefficient (Wildman–Crippen LogP) is 5.00. The summed E-state index contributed by atoms with van der Waals surface area (Å²) in [5.41, 5.74) is 2.26. The van der Waals surface area contributed by atoms with Gasteiger partial charge in [0.1, 0.15) is 12.3 Å². The number of carbonyl (C=O) groups excluding carboxylic acids is 1. The summed E-state index contributed by atoms with van der Waals surface area (Å²) in [7, 11) is 3.12. The van der Waals surface area contributed by atoms with Gasteiger partial charge in [-0.25, -0.2) is 0 Å². The van der Waals surface area contributed by atoms with E-state index in [0.717, 1.165) is 29.7 Å². The monoisotopic (exact) mass is 412 g/mol. The molecule has 4 rings (SSSR count). The Balaban J connectivity index is 1.70. The molecule has 1 saturated heterocycles. The molecule has 0 amide bonds. The number of likely N-dealkylation sites (tertiary alicyclic amines) is 1. The Morgan fingerprint density at radius 2 is 2.10 bits per heavy atom. The second kappa shape index (κ2) is 9.01. The quantitative estimate of drug-likeness (QED) is 0.534. The number of benzene rings is 1. The first-order valence-electron chi connectivity index (χ1n) is 10.2. The van der Waals surface area contributed by atoms with Gasteiger partial charge in [-0.2, -0.15) is 0 Å². The molecule has 2 aromatic heterocycles. The highest BCUT2D eigenvalue weighted by Gasteiger charge is 2.25. The summed E-state index contributed by atoms with van der Waals surface area (Å²) in [5.74, 6) is 0.593. The number of rotatable bonds is 6. The number of hydrogen-bond acceptors (Lipinski definition) is 5. The van der Waals surface area contributed by atoms with Crippen molar-refractivity contribution in [1.29, 1.82) is 0 Å². The Bertz CT molecular complexity index is 964. The molecule has 154 valence electrons. The summed E-state index contributed by atoms with van der Waals surface area (Å²) >= 11 is 1.85. The minimum Gasteiger partial charge on any atom is -0.497 e. The van der Waals surface area contributed by atoms with Gasteiger partial charge in [0.05, 0.1) is 14.2 Å². The lowest BCUT2D eigenvalue weighted by molar-refractivity contribution is -0.141. The Morgan fingerprint density at radius 3 is 2.86 bits per heavy atom. The minimum absolute atomic E-state index is 0.216. The second-order valence-electron chi connectivity index (χ2n) is 7.59. The Morgan fingerprint density at radius 1 is 1.21 bits per heavy atom. The lowest BCUT2D eigenvalue weighted by atomic mass is 10.1. The van der Waals surface area contributed by atoms with Crippen molar-refractivity contribution in [2.75, 3.05) is 20.8 Å². The lowest BCUT2D eigenvalue weighted by Gasteiger charge is -2.29. The average molecular weight is 413 g/mol. The average Bonchev–Trinajstić information content (AvgIpc) is 3.32. The van der Waals surface area contributed by atoms with E-state index in [1.54, 1.807) is 7.11 Å². The van der Waals surface area contributed by atoms with Gasteiger partial charge in [0.15, 0.2) is 0 Å². The molecule has 1 atom stereocenters. The van der Waals surface area contributed by atoms with E-state index in [4.69, 9.17) is 9.47 Å². The summed E-state index contributed by atoms with van der Waals surface area (Å²) in [4.78, 5) is 16.0. The van der Waals surface area contributed by atoms with E-state index < -0.39 is 0 Å². The predicted molar refractivity (Wildman–Crippen MR) is 116 cm³/mol. The molecule has 0 saturated carbocycles. The Labute approximate surface area is 175 Å². The van der Waals surface area contributed by atoms with Crippen LogP contribution in [0.5, 0.6) is 5.75 Å². The van der Waals surface area contributed by atoms with E-state index in [1.807, 2.05) is 28.0 Å². The maximum Gasteiger partial charge on any atom is 0.325 e. The van der Waals surface area contributed by atoms with Crippen molar-refractivity contribution in [3.05, 3.63) is 52.3 Å². The number of fused-ring (bicyclic) bond motifs is 1. The standard InChI is InChI=1S/C23H28N2O3S/c1-27-18-9-10-20-19(13-18)17(15-25(20)16-23(26)28-2)14-24-11-5-3-4-7-21(24)22-8-6-12-29-22/h6,8-10,12-13,15,21H,3-5,7,11,14,16H2,1-2H3/t21-/m1/s1. The zero-order chi connectivity index (χ0) is 20.2. The van der Waals surface area contributed by atoms with Crippen LogP contribution in [0.1, 0.15) is 42.2 Å².